The lowest BCUT2D eigenvalue weighted by Crippen LogP contribution is -2.48. The predicted octanol–water partition coefficient (Wildman–Crippen LogP) is 2.70. The largest absolute Gasteiger partial charge is 0.324 e. The van der Waals surface area contributed by atoms with Gasteiger partial charge in [-0.1, -0.05) is 36.4 Å². The van der Waals surface area contributed by atoms with E-state index in [-0.39, 0.29) is 23.8 Å². The van der Waals surface area contributed by atoms with Gasteiger partial charge in [-0.2, -0.15) is 0 Å². The zero-order chi connectivity index (χ0) is 19.9. The fourth-order valence-corrected chi connectivity index (χ4v) is 3.18. The Morgan fingerprint density at radius 3 is 2.21 bits per heavy atom. The van der Waals surface area contributed by atoms with Crippen LogP contribution in [0.3, 0.4) is 0 Å². The number of amides is 4. The lowest BCUT2D eigenvalue weighted by Gasteiger charge is -2.31. The number of carbonyl (C=O) groups excluding carboxylic acids is 3. The van der Waals surface area contributed by atoms with Gasteiger partial charge in [0, 0.05) is 30.3 Å². The van der Waals surface area contributed by atoms with Gasteiger partial charge in [-0.3, -0.25) is 20.4 Å². The second kappa shape index (κ2) is 9.03. The number of para-hydroxylation sites is 1. The average Bonchev–Trinajstić information content (AvgIpc) is 2.73. The Kier molecular flexibility index (Phi) is 6.26. The highest BCUT2D eigenvalue weighted by Gasteiger charge is 2.27. The number of anilines is 1. The van der Waals surface area contributed by atoms with E-state index in [2.05, 4.69) is 16.2 Å². The van der Waals surface area contributed by atoms with Crippen LogP contribution in [0.4, 0.5) is 10.5 Å². The fourth-order valence-electron chi connectivity index (χ4n) is 3.18. The number of carbonyl (C=O) groups is 3. The van der Waals surface area contributed by atoms with Gasteiger partial charge in [0.05, 0.1) is 0 Å². The Balaban J connectivity index is 1.44. The summed E-state index contributed by atoms with van der Waals surface area (Å²) in [5, 5.41) is 2.85. The summed E-state index contributed by atoms with van der Waals surface area (Å²) in [5.74, 6) is -0.811. The number of nitrogens with zero attached hydrogens (tertiary/aromatic N) is 1. The van der Waals surface area contributed by atoms with Crippen molar-refractivity contribution in [1.29, 1.82) is 0 Å². The van der Waals surface area contributed by atoms with Crippen molar-refractivity contribution >= 4 is 23.5 Å². The van der Waals surface area contributed by atoms with Crippen molar-refractivity contribution in [3.8, 4) is 0 Å². The Morgan fingerprint density at radius 1 is 0.893 bits per heavy atom. The zero-order valence-electron chi connectivity index (χ0n) is 15.8. The molecule has 1 heterocycles. The molecule has 7 nitrogen and oxygen atoms in total. The number of piperidine rings is 1. The molecule has 0 unspecified atom stereocenters. The molecule has 1 fully saturated rings. The molecular weight excluding hydrogens is 356 g/mol. The molecule has 2 aromatic carbocycles. The molecule has 4 amide bonds. The van der Waals surface area contributed by atoms with Crippen molar-refractivity contribution in [3.05, 3.63) is 65.7 Å². The second-order valence-corrected chi connectivity index (χ2v) is 6.82. The Labute approximate surface area is 164 Å². The van der Waals surface area contributed by atoms with Crippen molar-refractivity contribution in [2.45, 2.75) is 19.8 Å². The summed E-state index contributed by atoms with van der Waals surface area (Å²) in [6.45, 7) is 2.82. The Hall–Kier alpha value is -3.35. The molecule has 1 aliphatic rings. The summed E-state index contributed by atoms with van der Waals surface area (Å²) >= 11 is 0. The van der Waals surface area contributed by atoms with Gasteiger partial charge in [0.2, 0.25) is 5.91 Å². The third-order valence-corrected chi connectivity index (χ3v) is 4.87. The van der Waals surface area contributed by atoms with Crippen LogP contribution in [0.15, 0.2) is 54.6 Å². The van der Waals surface area contributed by atoms with Crippen molar-refractivity contribution in [2.75, 3.05) is 18.4 Å². The van der Waals surface area contributed by atoms with Crippen LogP contribution < -0.4 is 16.2 Å². The summed E-state index contributed by atoms with van der Waals surface area (Å²) in [6, 6.07) is 16.3. The minimum absolute atomic E-state index is 0.169. The van der Waals surface area contributed by atoms with E-state index in [9.17, 15) is 14.4 Å². The molecule has 28 heavy (non-hydrogen) atoms. The number of aryl methyl sites for hydroxylation is 1. The van der Waals surface area contributed by atoms with Gasteiger partial charge in [0.15, 0.2) is 0 Å². The topological polar surface area (TPSA) is 90.5 Å². The van der Waals surface area contributed by atoms with E-state index < -0.39 is 0 Å². The van der Waals surface area contributed by atoms with Gasteiger partial charge in [-0.15, -0.1) is 0 Å². The molecule has 2 aromatic rings. The second-order valence-electron chi connectivity index (χ2n) is 6.82. The molecular formula is C21H24N4O3. The molecule has 0 bridgehead atoms. The standard InChI is InChI=1S/C21H24N4O3/c1-15-7-5-6-10-18(15)20(27)24-23-19(26)16-11-13-25(14-12-16)21(28)22-17-8-3-2-4-9-17/h2-10,16H,11-14H2,1H3,(H,22,28)(H,23,26)(H,24,27). The number of hydrogen-bond donors (Lipinski definition) is 3. The molecule has 146 valence electrons. The number of likely N-dealkylation sites (tertiary alicyclic amines) is 1. The van der Waals surface area contributed by atoms with E-state index in [4.69, 9.17) is 0 Å². The number of urea groups is 1. The molecule has 1 aliphatic heterocycles. The van der Waals surface area contributed by atoms with E-state index in [1.54, 1.807) is 17.0 Å². The molecule has 0 atom stereocenters. The van der Waals surface area contributed by atoms with Gasteiger partial charge >= 0.3 is 6.03 Å². The third-order valence-electron chi connectivity index (χ3n) is 4.87. The SMILES string of the molecule is Cc1ccccc1C(=O)NNC(=O)C1CCN(C(=O)Nc2ccccc2)CC1. The maximum Gasteiger partial charge on any atom is 0.321 e. The molecule has 3 N–H and O–H groups in total. The van der Waals surface area contributed by atoms with E-state index in [0.29, 0.717) is 31.5 Å². The highest BCUT2D eigenvalue weighted by atomic mass is 16.2. The Bertz CT molecular complexity index is 846. The lowest BCUT2D eigenvalue weighted by molar-refractivity contribution is -0.127. The van der Waals surface area contributed by atoms with Crippen LogP contribution in [0.2, 0.25) is 0 Å². The van der Waals surface area contributed by atoms with Crippen molar-refractivity contribution in [3.63, 3.8) is 0 Å². The minimum atomic E-state index is -0.342. The van der Waals surface area contributed by atoms with Crippen LogP contribution in [-0.2, 0) is 4.79 Å². The molecule has 0 spiro atoms. The number of hydrazine groups is 1. The summed E-state index contributed by atoms with van der Waals surface area (Å²) in [5.41, 5.74) is 7.08. The zero-order valence-corrected chi connectivity index (χ0v) is 15.8. The van der Waals surface area contributed by atoms with E-state index in [0.717, 1.165) is 11.3 Å². The summed E-state index contributed by atoms with van der Waals surface area (Å²) in [6.07, 6.45) is 1.10. The summed E-state index contributed by atoms with van der Waals surface area (Å²) in [4.78, 5) is 38.5. The number of rotatable bonds is 3. The highest BCUT2D eigenvalue weighted by molar-refractivity contribution is 5.96. The third kappa shape index (κ3) is 4.88. The number of benzene rings is 2. The van der Waals surface area contributed by atoms with Crippen molar-refractivity contribution < 1.29 is 14.4 Å². The van der Waals surface area contributed by atoms with E-state index >= 15 is 0 Å². The quantitative estimate of drug-likeness (QED) is 0.715. The van der Waals surface area contributed by atoms with Gasteiger partial charge in [0.25, 0.3) is 5.91 Å². The Morgan fingerprint density at radius 2 is 1.54 bits per heavy atom. The molecule has 0 radical (unpaired) electrons. The van der Waals surface area contributed by atoms with Crippen LogP contribution in [0.25, 0.3) is 0 Å². The lowest BCUT2D eigenvalue weighted by atomic mass is 9.96. The van der Waals surface area contributed by atoms with Gasteiger partial charge < -0.3 is 10.2 Å². The average molecular weight is 380 g/mol. The molecule has 0 aliphatic carbocycles. The molecule has 7 heteroatoms. The normalized spacial score (nSPS) is 14.2. The molecule has 0 aromatic heterocycles. The molecule has 1 saturated heterocycles. The molecule has 3 rings (SSSR count). The number of nitrogens with one attached hydrogen (secondary N) is 3. The van der Waals surface area contributed by atoms with Crippen LogP contribution >= 0.6 is 0 Å². The highest BCUT2D eigenvalue weighted by Crippen LogP contribution is 2.18. The summed E-state index contributed by atoms with van der Waals surface area (Å²) < 4.78 is 0. The van der Waals surface area contributed by atoms with Crippen LogP contribution in [0, 0.1) is 12.8 Å². The van der Waals surface area contributed by atoms with Crippen LogP contribution in [0.1, 0.15) is 28.8 Å². The van der Waals surface area contributed by atoms with Gasteiger partial charge in [0.1, 0.15) is 0 Å². The van der Waals surface area contributed by atoms with Gasteiger partial charge in [-0.05, 0) is 43.5 Å². The molecule has 0 saturated carbocycles. The number of hydrogen-bond acceptors (Lipinski definition) is 3. The maximum absolute atomic E-state index is 12.3. The smallest absolute Gasteiger partial charge is 0.321 e. The fraction of sp³-hybridized carbons (Fsp3) is 0.286. The van der Waals surface area contributed by atoms with Crippen molar-refractivity contribution in [2.24, 2.45) is 5.92 Å². The van der Waals surface area contributed by atoms with E-state index in [1.807, 2.05) is 49.4 Å². The maximum atomic E-state index is 12.3. The first kappa shape index (κ1) is 19.4. The van der Waals surface area contributed by atoms with Crippen molar-refractivity contribution in [1.82, 2.24) is 15.8 Å². The monoisotopic (exact) mass is 380 g/mol. The first-order valence-electron chi connectivity index (χ1n) is 9.31. The van der Waals surface area contributed by atoms with Crippen LogP contribution in [-0.4, -0.2) is 35.8 Å². The first-order chi connectivity index (χ1) is 13.5. The van der Waals surface area contributed by atoms with Crippen LogP contribution in [0.5, 0.6) is 0 Å². The first-order valence-corrected chi connectivity index (χ1v) is 9.31. The predicted molar refractivity (Wildman–Crippen MR) is 107 cm³/mol. The van der Waals surface area contributed by atoms with E-state index in [1.165, 1.54) is 0 Å². The summed E-state index contributed by atoms with van der Waals surface area (Å²) in [7, 11) is 0. The van der Waals surface area contributed by atoms with Gasteiger partial charge in [-0.25, -0.2) is 4.79 Å². The minimum Gasteiger partial charge on any atom is -0.324 e.